The molecule has 2 aromatic heterocycles. The van der Waals surface area contributed by atoms with E-state index in [1.54, 1.807) is 0 Å². The van der Waals surface area contributed by atoms with Crippen molar-refractivity contribution in [2.45, 2.75) is 6.92 Å². The molecule has 0 radical (unpaired) electrons. The lowest BCUT2D eigenvalue weighted by molar-refractivity contribution is 1.17. The first-order chi connectivity index (χ1) is 19.3. The molecule has 0 amide bonds. The van der Waals surface area contributed by atoms with Crippen molar-refractivity contribution in [1.29, 1.82) is 0 Å². The predicted molar refractivity (Wildman–Crippen MR) is 165 cm³/mol. The van der Waals surface area contributed by atoms with Crippen LogP contribution in [-0.2, 0) is 0 Å². The number of aromatic nitrogens is 2. The van der Waals surface area contributed by atoms with Gasteiger partial charge in [0.2, 0.25) is 0 Å². The highest BCUT2D eigenvalue weighted by molar-refractivity contribution is 6.10. The number of fused-ring (bicyclic) bond motifs is 6. The molecule has 8 rings (SSSR count). The van der Waals surface area contributed by atoms with E-state index in [-0.39, 0.29) is 0 Å². The second-order valence-electron chi connectivity index (χ2n) is 10.3. The normalized spacial score (nSPS) is 11.7. The van der Waals surface area contributed by atoms with Crippen LogP contribution in [0.25, 0.3) is 66.1 Å². The Bertz CT molecular complexity index is 2090. The van der Waals surface area contributed by atoms with Crippen LogP contribution in [0.15, 0.2) is 140 Å². The van der Waals surface area contributed by atoms with Gasteiger partial charge >= 0.3 is 0 Å². The Kier molecular flexibility index (Phi) is 4.77. The Morgan fingerprint density at radius 3 is 1.31 bits per heavy atom. The molecule has 0 unspecified atom stereocenters. The number of nitrogens with zero attached hydrogens (tertiary/aromatic N) is 2. The van der Waals surface area contributed by atoms with Gasteiger partial charge in [-0.15, -0.1) is 0 Å². The third-order valence-electron chi connectivity index (χ3n) is 8.05. The van der Waals surface area contributed by atoms with Gasteiger partial charge in [0.15, 0.2) is 0 Å². The summed E-state index contributed by atoms with van der Waals surface area (Å²) in [5.41, 5.74) is 11.0. The van der Waals surface area contributed by atoms with Crippen LogP contribution < -0.4 is 0 Å². The summed E-state index contributed by atoms with van der Waals surface area (Å²) in [5, 5.41) is 5.12. The molecule has 0 saturated heterocycles. The van der Waals surface area contributed by atoms with Crippen LogP contribution >= 0.6 is 0 Å². The van der Waals surface area contributed by atoms with Gasteiger partial charge in [-0.05, 0) is 72.1 Å². The molecule has 39 heavy (non-hydrogen) atoms. The van der Waals surface area contributed by atoms with Gasteiger partial charge in [0.1, 0.15) is 0 Å². The van der Waals surface area contributed by atoms with Crippen molar-refractivity contribution in [1.82, 2.24) is 9.13 Å². The molecule has 8 aromatic rings. The van der Waals surface area contributed by atoms with E-state index in [4.69, 9.17) is 0 Å². The van der Waals surface area contributed by atoms with Crippen LogP contribution in [0.2, 0.25) is 0 Å². The molecule has 184 valence electrons. The van der Waals surface area contributed by atoms with Gasteiger partial charge in [-0.2, -0.15) is 0 Å². The Labute approximate surface area is 227 Å². The van der Waals surface area contributed by atoms with Gasteiger partial charge in [-0.1, -0.05) is 91.0 Å². The summed E-state index contributed by atoms with van der Waals surface area (Å²) in [7, 11) is 0. The smallest absolute Gasteiger partial charge is 0.0541 e. The molecule has 0 bridgehead atoms. The molecule has 0 N–H and O–H groups in total. The van der Waals surface area contributed by atoms with Crippen molar-refractivity contribution >= 4 is 43.6 Å². The van der Waals surface area contributed by atoms with Crippen molar-refractivity contribution < 1.29 is 0 Å². The van der Waals surface area contributed by atoms with Crippen LogP contribution in [-0.4, -0.2) is 9.13 Å². The van der Waals surface area contributed by atoms with Gasteiger partial charge in [0.05, 0.1) is 22.1 Å². The highest BCUT2D eigenvalue weighted by Gasteiger charge is 2.15. The van der Waals surface area contributed by atoms with Gasteiger partial charge < -0.3 is 9.13 Å². The molecule has 0 aliphatic rings. The molecule has 0 fully saturated rings. The third kappa shape index (κ3) is 3.28. The average Bonchev–Trinajstić information content (AvgIpc) is 3.51. The first kappa shape index (κ1) is 22.0. The molecular weight excluding hydrogens is 472 g/mol. The van der Waals surface area contributed by atoms with E-state index in [0.29, 0.717) is 0 Å². The fraction of sp³-hybridized carbons (Fsp3) is 0.0270. The number of aryl methyl sites for hydroxylation is 1. The van der Waals surface area contributed by atoms with E-state index in [9.17, 15) is 0 Å². The SMILES string of the molecule is Cc1ccc(-n2c3ccccc3c3ccccc32)cc1-c1cccc(-n2c3ccccc3c3ccccc32)c1. The summed E-state index contributed by atoms with van der Waals surface area (Å²) in [6, 6.07) is 50.6. The molecule has 0 spiro atoms. The molecular formula is C37H26N2. The van der Waals surface area contributed by atoms with Crippen LogP contribution in [0, 0.1) is 6.92 Å². The summed E-state index contributed by atoms with van der Waals surface area (Å²) in [6.45, 7) is 2.21. The van der Waals surface area contributed by atoms with Gasteiger partial charge in [-0.25, -0.2) is 0 Å². The quantitative estimate of drug-likeness (QED) is 0.229. The highest BCUT2D eigenvalue weighted by atomic mass is 15.0. The minimum absolute atomic E-state index is 1.17. The minimum atomic E-state index is 1.17. The molecule has 2 heterocycles. The lowest BCUT2D eigenvalue weighted by Crippen LogP contribution is -1.97. The van der Waals surface area contributed by atoms with Crippen molar-refractivity contribution in [3.05, 3.63) is 145 Å². The van der Waals surface area contributed by atoms with Crippen LogP contribution in [0.4, 0.5) is 0 Å². The summed E-state index contributed by atoms with van der Waals surface area (Å²) >= 11 is 0. The zero-order chi connectivity index (χ0) is 25.9. The maximum absolute atomic E-state index is 2.39. The molecule has 0 atom stereocenters. The van der Waals surface area contributed by atoms with Crippen LogP contribution in [0.5, 0.6) is 0 Å². The Hall–Kier alpha value is -5.08. The zero-order valence-electron chi connectivity index (χ0n) is 21.7. The molecule has 2 heteroatoms. The number of benzene rings is 6. The second kappa shape index (κ2) is 8.47. The first-order valence-electron chi connectivity index (χ1n) is 13.5. The number of para-hydroxylation sites is 4. The fourth-order valence-corrected chi connectivity index (χ4v) is 6.27. The molecule has 0 aliphatic heterocycles. The van der Waals surface area contributed by atoms with E-state index < -0.39 is 0 Å². The van der Waals surface area contributed by atoms with E-state index in [0.717, 1.165) is 0 Å². The van der Waals surface area contributed by atoms with E-state index >= 15 is 0 Å². The summed E-state index contributed by atoms with van der Waals surface area (Å²) in [6.07, 6.45) is 0. The Morgan fingerprint density at radius 2 is 0.821 bits per heavy atom. The maximum atomic E-state index is 2.39. The van der Waals surface area contributed by atoms with Gasteiger partial charge in [0.25, 0.3) is 0 Å². The molecule has 2 nitrogen and oxygen atoms in total. The first-order valence-corrected chi connectivity index (χ1v) is 13.5. The van der Waals surface area contributed by atoms with Gasteiger partial charge in [0, 0.05) is 32.9 Å². The Morgan fingerprint density at radius 1 is 0.385 bits per heavy atom. The second-order valence-corrected chi connectivity index (χ2v) is 10.3. The van der Waals surface area contributed by atoms with E-state index in [2.05, 4.69) is 156 Å². The zero-order valence-corrected chi connectivity index (χ0v) is 21.7. The van der Waals surface area contributed by atoms with Crippen molar-refractivity contribution in [3.63, 3.8) is 0 Å². The summed E-state index contributed by atoms with van der Waals surface area (Å²) in [4.78, 5) is 0. The minimum Gasteiger partial charge on any atom is -0.309 e. The number of hydrogen-bond acceptors (Lipinski definition) is 0. The number of rotatable bonds is 3. The lowest BCUT2D eigenvalue weighted by Gasteiger charge is -2.14. The lowest BCUT2D eigenvalue weighted by atomic mass is 9.99. The summed E-state index contributed by atoms with van der Waals surface area (Å²) in [5.74, 6) is 0. The molecule has 6 aromatic carbocycles. The monoisotopic (exact) mass is 498 g/mol. The standard InChI is InChI=1S/C37H26N2/c1-25-21-22-28(39-36-19-8-4-15-31(36)32-16-5-9-20-37(32)39)24-33(25)26-11-10-12-27(23-26)38-34-17-6-2-13-29(34)30-14-3-7-18-35(30)38/h2-24H,1H3. The largest absolute Gasteiger partial charge is 0.309 e. The third-order valence-corrected chi connectivity index (χ3v) is 8.05. The van der Waals surface area contributed by atoms with E-state index in [1.807, 2.05) is 0 Å². The maximum Gasteiger partial charge on any atom is 0.0541 e. The predicted octanol–water partition coefficient (Wildman–Crippen LogP) is 9.86. The van der Waals surface area contributed by atoms with Crippen molar-refractivity contribution in [2.75, 3.05) is 0 Å². The van der Waals surface area contributed by atoms with Crippen molar-refractivity contribution in [3.8, 4) is 22.5 Å². The van der Waals surface area contributed by atoms with E-state index in [1.165, 1.54) is 71.7 Å². The average molecular weight is 499 g/mol. The topological polar surface area (TPSA) is 9.86 Å². The van der Waals surface area contributed by atoms with Crippen molar-refractivity contribution in [2.24, 2.45) is 0 Å². The number of hydrogen-bond donors (Lipinski definition) is 0. The molecule has 0 saturated carbocycles. The molecule has 0 aliphatic carbocycles. The van der Waals surface area contributed by atoms with Crippen LogP contribution in [0.1, 0.15) is 5.56 Å². The van der Waals surface area contributed by atoms with Crippen LogP contribution in [0.3, 0.4) is 0 Å². The summed E-state index contributed by atoms with van der Waals surface area (Å²) < 4.78 is 4.78. The van der Waals surface area contributed by atoms with Gasteiger partial charge in [-0.3, -0.25) is 0 Å². The fourth-order valence-electron chi connectivity index (χ4n) is 6.27. The highest BCUT2D eigenvalue weighted by Crippen LogP contribution is 2.36. The Balaban J connectivity index is 1.34.